The lowest BCUT2D eigenvalue weighted by atomic mass is 9.93. The molecule has 0 unspecified atom stereocenters. The SMILES string of the molecule is [C-]#[N+]c1ccnc(-c2cccc(-c3cc4c(c5ccccc35)c3c5ccccc5ccc3n4-c3ccccc3)c2)c1. The van der Waals surface area contributed by atoms with Crippen LogP contribution in [0.5, 0.6) is 0 Å². The van der Waals surface area contributed by atoms with Crippen molar-refractivity contribution in [2.75, 3.05) is 0 Å². The van der Waals surface area contributed by atoms with Crippen LogP contribution in [0.4, 0.5) is 5.69 Å². The second-order valence-corrected chi connectivity index (χ2v) is 10.3. The highest BCUT2D eigenvalue weighted by atomic mass is 15.0. The second kappa shape index (κ2) is 9.19. The van der Waals surface area contributed by atoms with Gasteiger partial charge in [-0.1, -0.05) is 91.0 Å². The van der Waals surface area contributed by atoms with Crippen LogP contribution < -0.4 is 0 Å². The molecule has 0 saturated heterocycles. The predicted molar refractivity (Wildman–Crippen MR) is 171 cm³/mol. The average Bonchev–Trinajstić information content (AvgIpc) is 3.40. The number of benzene rings is 6. The van der Waals surface area contributed by atoms with Gasteiger partial charge in [-0.05, 0) is 80.7 Å². The number of hydrogen-bond donors (Lipinski definition) is 0. The molecular weight excluding hydrogens is 498 g/mol. The van der Waals surface area contributed by atoms with E-state index in [1.807, 2.05) is 6.07 Å². The van der Waals surface area contributed by atoms with Crippen molar-refractivity contribution in [1.82, 2.24) is 9.55 Å². The molecule has 8 aromatic rings. The van der Waals surface area contributed by atoms with Gasteiger partial charge in [0.25, 0.3) is 0 Å². The molecule has 0 atom stereocenters. The molecule has 41 heavy (non-hydrogen) atoms. The van der Waals surface area contributed by atoms with Crippen LogP contribution in [0.3, 0.4) is 0 Å². The summed E-state index contributed by atoms with van der Waals surface area (Å²) in [5, 5.41) is 7.48. The quantitative estimate of drug-likeness (QED) is 0.212. The Balaban J connectivity index is 1.51. The fourth-order valence-corrected chi connectivity index (χ4v) is 6.23. The first-order valence-electron chi connectivity index (χ1n) is 13.7. The van der Waals surface area contributed by atoms with Crippen molar-refractivity contribution in [3.63, 3.8) is 0 Å². The first-order chi connectivity index (χ1) is 20.3. The normalized spacial score (nSPS) is 11.4. The minimum Gasteiger partial charge on any atom is -0.309 e. The second-order valence-electron chi connectivity index (χ2n) is 10.3. The molecule has 0 aliphatic rings. The Labute approximate surface area is 237 Å². The monoisotopic (exact) mass is 521 g/mol. The molecule has 3 nitrogen and oxygen atoms in total. The number of aromatic nitrogens is 2. The third kappa shape index (κ3) is 3.62. The topological polar surface area (TPSA) is 22.2 Å². The Morgan fingerprint density at radius 1 is 0.561 bits per heavy atom. The van der Waals surface area contributed by atoms with E-state index in [1.165, 1.54) is 48.9 Å². The van der Waals surface area contributed by atoms with Gasteiger partial charge in [0.2, 0.25) is 0 Å². The van der Waals surface area contributed by atoms with Crippen LogP contribution in [0.1, 0.15) is 0 Å². The Bertz CT molecular complexity index is 2320. The highest BCUT2D eigenvalue weighted by Crippen LogP contribution is 2.44. The van der Waals surface area contributed by atoms with Crippen LogP contribution in [-0.2, 0) is 0 Å². The number of para-hydroxylation sites is 1. The Kier molecular flexibility index (Phi) is 5.20. The van der Waals surface area contributed by atoms with Crippen LogP contribution in [0.15, 0.2) is 140 Å². The molecule has 0 N–H and O–H groups in total. The first kappa shape index (κ1) is 23.2. The zero-order valence-corrected chi connectivity index (χ0v) is 22.1. The standard InChI is InChI=1S/C38H23N3/c1-39-28-20-21-40-34(23-28)27-12-9-11-26(22-27)33-24-36-38(32-17-8-7-16-31(32)33)37-30-15-6-5-10-25(30)18-19-35(37)41(36)29-13-3-2-4-14-29/h2-24H. The Morgan fingerprint density at radius 2 is 1.29 bits per heavy atom. The molecule has 0 radical (unpaired) electrons. The molecule has 0 spiro atoms. The summed E-state index contributed by atoms with van der Waals surface area (Å²) in [6.07, 6.45) is 1.71. The van der Waals surface area contributed by atoms with Gasteiger partial charge in [-0.25, -0.2) is 4.85 Å². The number of pyridine rings is 1. The molecule has 6 aromatic carbocycles. The summed E-state index contributed by atoms with van der Waals surface area (Å²) in [4.78, 5) is 8.17. The molecule has 190 valence electrons. The van der Waals surface area contributed by atoms with Gasteiger partial charge in [0.1, 0.15) is 0 Å². The van der Waals surface area contributed by atoms with E-state index in [1.54, 1.807) is 12.3 Å². The number of hydrogen-bond acceptors (Lipinski definition) is 1. The third-order valence-corrected chi connectivity index (χ3v) is 8.02. The van der Waals surface area contributed by atoms with Crippen molar-refractivity contribution < 1.29 is 0 Å². The molecule has 2 aromatic heterocycles. The summed E-state index contributed by atoms with van der Waals surface area (Å²) in [6, 6.07) is 47.0. The molecule has 0 saturated carbocycles. The third-order valence-electron chi connectivity index (χ3n) is 8.02. The molecule has 2 heterocycles. The predicted octanol–water partition coefficient (Wildman–Crippen LogP) is 10.4. The van der Waals surface area contributed by atoms with Crippen LogP contribution in [0, 0.1) is 6.57 Å². The number of fused-ring (bicyclic) bond motifs is 7. The average molecular weight is 522 g/mol. The number of nitrogens with zero attached hydrogens (tertiary/aromatic N) is 3. The highest BCUT2D eigenvalue weighted by Gasteiger charge is 2.19. The van der Waals surface area contributed by atoms with Crippen molar-refractivity contribution in [2.45, 2.75) is 0 Å². The molecule has 0 bridgehead atoms. The van der Waals surface area contributed by atoms with Gasteiger partial charge in [-0.15, -0.1) is 0 Å². The van der Waals surface area contributed by atoms with Crippen LogP contribution in [0.2, 0.25) is 0 Å². The lowest BCUT2D eigenvalue weighted by Crippen LogP contribution is -1.94. The van der Waals surface area contributed by atoms with Gasteiger partial charge in [0, 0.05) is 22.7 Å². The fourth-order valence-electron chi connectivity index (χ4n) is 6.23. The summed E-state index contributed by atoms with van der Waals surface area (Å²) in [6.45, 7) is 7.43. The maximum absolute atomic E-state index is 7.43. The van der Waals surface area contributed by atoms with E-state index in [-0.39, 0.29) is 0 Å². The smallest absolute Gasteiger partial charge is 0.190 e. The van der Waals surface area contributed by atoms with E-state index < -0.39 is 0 Å². The largest absolute Gasteiger partial charge is 0.309 e. The summed E-state index contributed by atoms with van der Waals surface area (Å²) in [5.74, 6) is 0. The molecule has 0 fully saturated rings. The summed E-state index contributed by atoms with van der Waals surface area (Å²) < 4.78 is 2.40. The zero-order valence-electron chi connectivity index (χ0n) is 22.1. The van der Waals surface area contributed by atoms with Gasteiger partial charge in [0.15, 0.2) is 5.69 Å². The van der Waals surface area contributed by atoms with E-state index in [4.69, 9.17) is 6.57 Å². The molecular formula is C38H23N3. The minimum absolute atomic E-state index is 0.590. The highest BCUT2D eigenvalue weighted by molar-refractivity contribution is 6.30. The van der Waals surface area contributed by atoms with E-state index in [0.29, 0.717) is 5.69 Å². The van der Waals surface area contributed by atoms with Gasteiger partial charge in [-0.3, -0.25) is 4.98 Å². The van der Waals surface area contributed by atoms with Crippen LogP contribution in [0.25, 0.3) is 76.3 Å². The molecule has 0 amide bonds. The minimum atomic E-state index is 0.590. The van der Waals surface area contributed by atoms with Gasteiger partial charge in [-0.2, -0.15) is 0 Å². The van der Waals surface area contributed by atoms with E-state index in [0.717, 1.165) is 22.5 Å². The van der Waals surface area contributed by atoms with Crippen molar-refractivity contribution in [3.8, 4) is 28.1 Å². The van der Waals surface area contributed by atoms with Crippen molar-refractivity contribution in [3.05, 3.63) is 151 Å². The van der Waals surface area contributed by atoms with E-state index in [2.05, 4.69) is 136 Å². The summed E-state index contributed by atoms with van der Waals surface area (Å²) in [7, 11) is 0. The Morgan fingerprint density at radius 3 is 2.15 bits per heavy atom. The Hall–Kier alpha value is -5.72. The molecule has 0 aliphatic carbocycles. The van der Waals surface area contributed by atoms with Crippen LogP contribution in [-0.4, -0.2) is 9.55 Å². The molecule has 0 aliphatic heterocycles. The van der Waals surface area contributed by atoms with Gasteiger partial charge in [0.05, 0.1) is 23.3 Å². The maximum atomic E-state index is 7.43. The van der Waals surface area contributed by atoms with Gasteiger partial charge < -0.3 is 4.57 Å². The van der Waals surface area contributed by atoms with Crippen LogP contribution >= 0.6 is 0 Å². The van der Waals surface area contributed by atoms with Crippen molar-refractivity contribution >= 4 is 49.0 Å². The number of rotatable bonds is 3. The lowest BCUT2D eigenvalue weighted by Gasteiger charge is -2.13. The fraction of sp³-hybridized carbons (Fsp3) is 0. The zero-order chi connectivity index (χ0) is 27.3. The maximum Gasteiger partial charge on any atom is 0.190 e. The summed E-state index contributed by atoms with van der Waals surface area (Å²) >= 11 is 0. The first-order valence-corrected chi connectivity index (χ1v) is 13.7. The summed E-state index contributed by atoms with van der Waals surface area (Å²) in [5.41, 5.74) is 8.17. The van der Waals surface area contributed by atoms with Crippen molar-refractivity contribution in [2.24, 2.45) is 0 Å². The van der Waals surface area contributed by atoms with E-state index >= 15 is 0 Å². The van der Waals surface area contributed by atoms with Gasteiger partial charge >= 0.3 is 0 Å². The van der Waals surface area contributed by atoms with E-state index in [9.17, 15) is 0 Å². The molecule has 8 rings (SSSR count). The van der Waals surface area contributed by atoms with Crippen molar-refractivity contribution in [1.29, 1.82) is 0 Å². The lowest BCUT2D eigenvalue weighted by molar-refractivity contribution is 1.18. The molecule has 3 heteroatoms.